The van der Waals surface area contributed by atoms with Gasteiger partial charge in [0, 0.05) is 19.6 Å². The topological polar surface area (TPSA) is 77.9 Å². The van der Waals surface area contributed by atoms with Gasteiger partial charge in [-0.15, -0.1) is 0 Å². The fraction of sp³-hybridized carbons (Fsp3) is 0.350. The minimum absolute atomic E-state index is 0.247. The molecule has 2 heterocycles. The highest BCUT2D eigenvalue weighted by molar-refractivity contribution is 7.92. The van der Waals surface area contributed by atoms with Crippen LogP contribution in [0.4, 0.5) is 5.69 Å². The number of para-hydroxylation sites is 1. The van der Waals surface area contributed by atoms with Crippen LogP contribution in [0.25, 0.3) is 0 Å². The second-order valence-corrected chi connectivity index (χ2v) is 8.83. The Morgan fingerprint density at radius 3 is 2.63 bits per heavy atom. The average molecular weight is 386 g/mol. The maximum Gasteiger partial charge on any atom is 0.264 e. The molecule has 0 atom stereocenters. The second kappa shape index (κ2) is 6.98. The SMILES string of the molecule is O=C(CO)N1CCc2ccc(S(=O)(=O)N3CCCc4ccccc43)cc2C1. The van der Waals surface area contributed by atoms with Crippen LogP contribution in [0.5, 0.6) is 0 Å². The van der Waals surface area contributed by atoms with Gasteiger partial charge in [0.25, 0.3) is 10.0 Å². The first kappa shape index (κ1) is 18.0. The van der Waals surface area contributed by atoms with Gasteiger partial charge in [-0.25, -0.2) is 8.42 Å². The molecule has 0 fully saturated rings. The van der Waals surface area contributed by atoms with Crippen molar-refractivity contribution in [3.05, 3.63) is 59.2 Å². The largest absolute Gasteiger partial charge is 0.387 e. The maximum absolute atomic E-state index is 13.3. The predicted molar refractivity (Wildman–Crippen MR) is 102 cm³/mol. The summed E-state index contributed by atoms with van der Waals surface area (Å²) in [6.45, 7) is 0.802. The van der Waals surface area contributed by atoms with Gasteiger partial charge >= 0.3 is 0 Å². The number of fused-ring (bicyclic) bond motifs is 2. The highest BCUT2D eigenvalue weighted by Gasteiger charge is 2.30. The van der Waals surface area contributed by atoms with Gasteiger partial charge in [0.15, 0.2) is 0 Å². The Morgan fingerprint density at radius 1 is 1.00 bits per heavy atom. The van der Waals surface area contributed by atoms with E-state index in [0.29, 0.717) is 26.1 Å². The minimum Gasteiger partial charge on any atom is -0.387 e. The summed E-state index contributed by atoms with van der Waals surface area (Å²) in [6, 6.07) is 12.8. The predicted octanol–water partition coefficient (Wildman–Crippen LogP) is 1.71. The van der Waals surface area contributed by atoms with E-state index in [2.05, 4.69) is 0 Å². The van der Waals surface area contributed by atoms with Gasteiger partial charge < -0.3 is 10.0 Å². The number of anilines is 1. The molecule has 0 radical (unpaired) electrons. The van der Waals surface area contributed by atoms with Gasteiger partial charge in [0.05, 0.1) is 10.6 Å². The van der Waals surface area contributed by atoms with E-state index in [1.165, 1.54) is 4.31 Å². The Balaban J connectivity index is 1.69. The molecule has 6 nitrogen and oxygen atoms in total. The molecule has 142 valence electrons. The van der Waals surface area contributed by atoms with Gasteiger partial charge in [0.2, 0.25) is 5.91 Å². The number of aryl methyl sites for hydroxylation is 1. The second-order valence-electron chi connectivity index (χ2n) is 6.96. The Morgan fingerprint density at radius 2 is 1.81 bits per heavy atom. The van der Waals surface area contributed by atoms with Crippen molar-refractivity contribution < 1.29 is 18.3 Å². The van der Waals surface area contributed by atoms with Crippen LogP contribution >= 0.6 is 0 Å². The first-order chi connectivity index (χ1) is 13.0. The molecule has 0 unspecified atom stereocenters. The lowest BCUT2D eigenvalue weighted by Crippen LogP contribution is -2.38. The van der Waals surface area contributed by atoms with Crippen LogP contribution in [0, 0.1) is 0 Å². The van der Waals surface area contributed by atoms with Crippen LogP contribution in [-0.2, 0) is 34.2 Å². The number of carbonyl (C=O) groups is 1. The van der Waals surface area contributed by atoms with Gasteiger partial charge in [-0.2, -0.15) is 0 Å². The molecule has 0 bridgehead atoms. The van der Waals surface area contributed by atoms with Crippen LogP contribution < -0.4 is 4.31 Å². The molecule has 0 spiro atoms. The normalized spacial score (nSPS) is 16.6. The van der Waals surface area contributed by atoms with E-state index in [-0.39, 0.29) is 10.8 Å². The van der Waals surface area contributed by atoms with E-state index in [9.17, 15) is 13.2 Å². The van der Waals surface area contributed by atoms with Crippen LogP contribution in [0.3, 0.4) is 0 Å². The number of nitrogens with zero attached hydrogens (tertiary/aromatic N) is 2. The zero-order chi connectivity index (χ0) is 19.0. The van der Waals surface area contributed by atoms with Crippen molar-refractivity contribution in [3.8, 4) is 0 Å². The maximum atomic E-state index is 13.3. The number of aliphatic hydroxyl groups excluding tert-OH is 1. The molecule has 4 rings (SSSR count). The van der Waals surface area contributed by atoms with Gasteiger partial charge in [-0.05, 0) is 54.2 Å². The van der Waals surface area contributed by atoms with E-state index in [4.69, 9.17) is 5.11 Å². The Bertz CT molecular complexity index is 987. The van der Waals surface area contributed by atoms with Gasteiger partial charge in [-0.1, -0.05) is 24.3 Å². The van der Waals surface area contributed by atoms with Gasteiger partial charge in [-0.3, -0.25) is 9.10 Å². The summed E-state index contributed by atoms with van der Waals surface area (Å²) in [7, 11) is -3.67. The monoisotopic (exact) mass is 386 g/mol. The number of sulfonamides is 1. The number of hydrogen-bond acceptors (Lipinski definition) is 4. The highest BCUT2D eigenvalue weighted by atomic mass is 32.2. The standard InChI is InChI=1S/C20H22N2O4S/c23-14-20(24)21-11-9-15-7-8-18(12-17(15)13-21)27(25,26)22-10-3-5-16-4-1-2-6-19(16)22/h1-2,4,6-8,12,23H,3,5,9-11,13-14H2. The number of benzene rings is 2. The number of amides is 1. The van der Waals surface area contributed by atoms with E-state index >= 15 is 0 Å². The lowest BCUT2D eigenvalue weighted by molar-refractivity contribution is -0.135. The van der Waals surface area contributed by atoms with Crippen molar-refractivity contribution >= 4 is 21.6 Å². The van der Waals surface area contributed by atoms with Crippen molar-refractivity contribution in [3.63, 3.8) is 0 Å². The lowest BCUT2D eigenvalue weighted by Gasteiger charge is -2.32. The van der Waals surface area contributed by atoms with Crippen molar-refractivity contribution in [1.82, 2.24) is 4.90 Å². The molecule has 1 amide bonds. The zero-order valence-electron chi connectivity index (χ0n) is 15.0. The molecular formula is C20H22N2O4S. The first-order valence-corrected chi connectivity index (χ1v) is 10.6. The molecule has 0 aliphatic carbocycles. The summed E-state index contributed by atoms with van der Waals surface area (Å²) in [4.78, 5) is 13.6. The van der Waals surface area contributed by atoms with Crippen molar-refractivity contribution in [2.45, 2.75) is 30.7 Å². The van der Waals surface area contributed by atoms with E-state index in [1.54, 1.807) is 17.0 Å². The summed E-state index contributed by atoms with van der Waals surface area (Å²) in [6.07, 6.45) is 2.33. The Hall–Kier alpha value is -2.38. The van der Waals surface area contributed by atoms with Crippen LogP contribution in [-0.4, -0.2) is 44.0 Å². The smallest absolute Gasteiger partial charge is 0.264 e. The molecule has 2 aliphatic heterocycles. The molecule has 2 aromatic rings. The molecule has 2 aliphatic rings. The minimum atomic E-state index is -3.67. The summed E-state index contributed by atoms with van der Waals surface area (Å²) in [5.74, 6) is -0.334. The molecule has 7 heteroatoms. The summed E-state index contributed by atoms with van der Waals surface area (Å²) in [5, 5.41) is 9.09. The number of hydrogen-bond donors (Lipinski definition) is 1. The molecule has 0 saturated carbocycles. The summed E-state index contributed by atoms with van der Waals surface area (Å²) in [5.41, 5.74) is 3.67. The van der Waals surface area contributed by atoms with Crippen LogP contribution in [0.2, 0.25) is 0 Å². The molecule has 2 aromatic carbocycles. The van der Waals surface area contributed by atoms with E-state index in [1.807, 2.05) is 30.3 Å². The fourth-order valence-corrected chi connectivity index (χ4v) is 5.47. The molecular weight excluding hydrogens is 364 g/mol. The Kier molecular flexibility index (Phi) is 4.65. The van der Waals surface area contributed by atoms with Crippen LogP contribution in [0.1, 0.15) is 23.1 Å². The number of aliphatic hydroxyl groups is 1. The summed E-state index contributed by atoms with van der Waals surface area (Å²) < 4.78 is 28.1. The van der Waals surface area contributed by atoms with E-state index < -0.39 is 16.6 Å². The quantitative estimate of drug-likeness (QED) is 0.871. The van der Waals surface area contributed by atoms with Crippen molar-refractivity contribution in [2.24, 2.45) is 0 Å². The van der Waals surface area contributed by atoms with Crippen LogP contribution in [0.15, 0.2) is 47.4 Å². The molecule has 0 saturated heterocycles. The lowest BCUT2D eigenvalue weighted by atomic mass is 10.00. The zero-order valence-corrected chi connectivity index (χ0v) is 15.8. The van der Waals surface area contributed by atoms with Gasteiger partial charge in [0.1, 0.15) is 6.61 Å². The van der Waals surface area contributed by atoms with E-state index in [0.717, 1.165) is 35.2 Å². The molecule has 0 aromatic heterocycles. The molecule has 1 N–H and O–H groups in total. The summed E-state index contributed by atoms with van der Waals surface area (Å²) >= 11 is 0. The third kappa shape index (κ3) is 3.21. The fourth-order valence-electron chi connectivity index (χ4n) is 3.88. The average Bonchev–Trinajstić information content (AvgIpc) is 2.71. The third-order valence-electron chi connectivity index (χ3n) is 5.33. The highest BCUT2D eigenvalue weighted by Crippen LogP contribution is 2.33. The number of rotatable bonds is 3. The first-order valence-electron chi connectivity index (χ1n) is 9.12. The van der Waals surface area contributed by atoms with Crippen molar-refractivity contribution in [2.75, 3.05) is 24.0 Å². The molecule has 27 heavy (non-hydrogen) atoms. The third-order valence-corrected chi connectivity index (χ3v) is 7.14. The Labute approximate surface area is 159 Å². The van der Waals surface area contributed by atoms with Crippen molar-refractivity contribution in [1.29, 1.82) is 0 Å². The number of carbonyl (C=O) groups excluding carboxylic acids is 1.